The van der Waals surface area contributed by atoms with E-state index in [1.807, 2.05) is 19.1 Å². The van der Waals surface area contributed by atoms with Crippen LogP contribution in [0.1, 0.15) is 19.4 Å². The highest BCUT2D eigenvalue weighted by atomic mass is 16.3. The number of carbonyl (C=O) groups excluding carboxylic acids is 2. The first kappa shape index (κ1) is 17.1. The summed E-state index contributed by atoms with van der Waals surface area (Å²) >= 11 is 0. The molecule has 1 N–H and O–H groups in total. The molecule has 1 heterocycles. The molecule has 0 bridgehead atoms. The van der Waals surface area contributed by atoms with E-state index in [0.717, 1.165) is 5.56 Å². The molecule has 21 heavy (non-hydrogen) atoms. The quantitative estimate of drug-likeness (QED) is 0.735. The highest BCUT2D eigenvalue weighted by Gasteiger charge is 2.24. The molecule has 0 aliphatic heterocycles. The van der Waals surface area contributed by atoms with Gasteiger partial charge in [0, 0.05) is 38.6 Å². The van der Waals surface area contributed by atoms with Crippen LogP contribution >= 0.6 is 0 Å². The second-order valence-corrected chi connectivity index (χ2v) is 4.60. The van der Waals surface area contributed by atoms with Crippen LogP contribution in [0.15, 0.2) is 24.5 Å². The summed E-state index contributed by atoms with van der Waals surface area (Å²) in [5.74, 6) is -1.06. The smallest absolute Gasteiger partial charge is 0.312 e. The average Bonchev–Trinajstić information content (AvgIpc) is 2.53. The molecule has 116 valence electrons. The van der Waals surface area contributed by atoms with Gasteiger partial charge in [-0.2, -0.15) is 0 Å². The molecule has 2 amide bonds. The molecule has 1 rings (SSSR count). The molecule has 0 radical (unpaired) electrons. The molecular weight excluding hydrogens is 270 g/mol. The third-order valence-electron chi connectivity index (χ3n) is 3.31. The summed E-state index contributed by atoms with van der Waals surface area (Å²) in [6, 6.07) is 3.79. The van der Waals surface area contributed by atoms with E-state index in [1.54, 1.807) is 19.3 Å². The number of hydrogen-bond donors (Lipinski definition) is 1. The first-order valence-electron chi connectivity index (χ1n) is 7.21. The van der Waals surface area contributed by atoms with E-state index in [4.69, 9.17) is 5.11 Å². The Bertz CT molecular complexity index is 451. The Labute approximate surface area is 125 Å². The van der Waals surface area contributed by atoms with Gasteiger partial charge in [0.2, 0.25) is 0 Å². The molecule has 0 aliphatic rings. The Morgan fingerprint density at radius 3 is 2.05 bits per heavy atom. The predicted molar refractivity (Wildman–Crippen MR) is 79.5 cm³/mol. The lowest BCUT2D eigenvalue weighted by molar-refractivity contribution is -0.151. The van der Waals surface area contributed by atoms with Gasteiger partial charge in [0.25, 0.3) is 0 Å². The topological polar surface area (TPSA) is 73.7 Å². The molecular formula is C15H23N3O3. The highest BCUT2D eigenvalue weighted by molar-refractivity contribution is 6.34. The molecule has 0 unspecified atom stereocenters. The van der Waals surface area contributed by atoms with E-state index in [9.17, 15) is 9.59 Å². The van der Waals surface area contributed by atoms with Crippen LogP contribution < -0.4 is 0 Å². The second-order valence-electron chi connectivity index (χ2n) is 4.60. The van der Waals surface area contributed by atoms with E-state index in [1.165, 1.54) is 9.80 Å². The maximum absolute atomic E-state index is 12.2. The molecule has 0 spiro atoms. The van der Waals surface area contributed by atoms with Crippen LogP contribution in [0.2, 0.25) is 0 Å². The number of amides is 2. The molecule has 6 nitrogen and oxygen atoms in total. The normalized spacial score (nSPS) is 10.2. The average molecular weight is 293 g/mol. The van der Waals surface area contributed by atoms with Crippen LogP contribution in [0.25, 0.3) is 0 Å². The number of aliphatic hydroxyl groups is 1. The second kappa shape index (κ2) is 9.07. The number of aromatic nitrogens is 1. The van der Waals surface area contributed by atoms with Crippen molar-refractivity contribution in [1.82, 2.24) is 14.8 Å². The predicted octanol–water partition coefficient (Wildman–Crippen LogP) is 0.313. The zero-order valence-corrected chi connectivity index (χ0v) is 12.7. The van der Waals surface area contributed by atoms with Gasteiger partial charge in [0.15, 0.2) is 0 Å². The van der Waals surface area contributed by atoms with Gasteiger partial charge < -0.3 is 14.9 Å². The van der Waals surface area contributed by atoms with Crippen LogP contribution in [0.5, 0.6) is 0 Å². The van der Waals surface area contributed by atoms with Gasteiger partial charge in [-0.05, 0) is 38.0 Å². The van der Waals surface area contributed by atoms with Crippen LogP contribution in [0, 0.1) is 0 Å². The minimum Gasteiger partial charge on any atom is -0.395 e. The summed E-state index contributed by atoms with van der Waals surface area (Å²) in [7, 11) is 0. The summed E-state index contributed by atoms with van der Waals surface area (Å²) < 4.78 is 0. The zero-order chi connectivity index (χ0) is 15.7. The Morgan fingerprint density at radius 1 is 1.05 bits per heavy atom. The number of rotatable bonds is 7. The van der Waals surface area contributed by atoms with Crippen LogP contribution in [0.3, 0.4) is 0 Å². The molecule has 0 saturated carbocycles. The van der Waals surface area contributed by atoms with Crippen LogP contribution in [-0.2, 0) is 16.0 Å². The van der Waals surface area contributed by atoms with Gasteiger partial charge in [0.05, 0.1) is 6.61 Å². The molecule has 0 atom stereocenters. The summed E-state index contributed by atoms with van der Waals surface area (Å²) in [4.78, 5) is 31.1. The van der Waals surface area contributed by atoms with E-state index < -0.39 is 11.8 Å². The van der Waals surface area contributed by atoms with Gasteiger partial charge >= 0.3 is 11.8 Å². The van der Waals surface area contributed by atoms with Gasteiger partial charge in [-0.3, -0.25) is 14.6 Å². The minimum atomic E-state index is -0.553. The van der Waals surface area contributed by atoms with Gasteiger partial charge in [0.1, 0.15) is 0 Å². The maximum atomic E-state index is 12.2. The van der Waals surface area contributed by atoms with Crippen molar-refractivity contribution in [2.45, 2.75) is 20.3 Å². The first-order chi connectivity index (χ1) is 10.1. The maximum Gasteiger partial charge on any atom is 0.312 e. The van der Waals surface area contributed by atoms with Crippen molar-refractivity contribution < 1.29 is 14.7 Å². The Balaban J connectivity index is 2.62. The van der Waals surface area contributed by atoms with Crippen LogP contribution in [-0.4, -0.2) is 64.5 Å². The Kier molecular flexibility index (Phi) is 7.39. The summed E-state index contributed by atoms with van der Waals surface area (Å²) in [6.45, 7) is 5.05. The lowest BCUT2D eigenvalue weighted by Gasteiger charge is -2.25. The number of nitrogens with zero attached hydrogens (tertiary/aromatic N) is 3. The monoisotopic (exact) mass is 293 g/mol. The summed E-state index contributed by atoms with van der Waals surface area (Å²) in [5, 5.41) is 8.92. The van der Waals surface area contributed by atoms with Crippen molar-refractivity contribution in [2.75, 3.05) is 32.8 Å². The number of aliphatic hydroxyl groups excluding tert-OH is 1. The number of pyridine rings is 1. The fourth-order valence-corrected chi connectivity index (χ4v) is 2.01. The summed E-state index contributed by atoms with van der Waals surface area (Å²) in [6.07, 6.45) is 4.10. The number of carbonyl (C=O) groups is 2. The fraction of sp³-hybridized carbons (Fsp3) is 0.533. The van der Waals surface area contributed by atoms with E-state index in [0.29, 0.717) is 26.1 Å². The molecule has 0 fully saturated rings. The minimum absolute atomic E-state index is 0.143. The Morgan fingerprint density at radius 2 is 1.57 bits per heavy atom. The van der Waals surface area contributed by atoms with Crippen molar-refractivity contribution in [3.63, 3.8) is 0 Å². The highest BCUT2D eigenvalue weighted by Crippen LogP contribution is 2.02. The standard InChI is InChI=1S/C15H23N3O3/c1-3-17(10-7-13-5-8-16-9-6-13)14(20)15(21)18(4-2)11-12-19/h5-6,8-9,19H,3-4,7,10-12H2,1-2H3. The van der Waals surface area contributed by atoms with E-state index >= 15 is 0 Å². The first-order valence-corrected chi connectivity index (χ1v) is 7.21. The largest absolute Gasteiger partial charge is 0.395 e. The third kappa shape index (κ3) is 5.15. The third-order valence-corrected chi connectivity index (χ3v) is 3.31. The van der Waals surface area contributed by atoms with Crippen LogP contribution in [0.4, 0.5) is 0 Å². The van der Waals surface area contributed by atoms with Crippen molar-refractivity contribution in [3.8, 4) is 0 Å². The fourth-order valence-electron chi connectivity index (χ4n) is 2.01. The Hall–Kier alpha value is -1.95. The van der Waals surface area contributed by atoms with Gasteiger partial charge in [-0.15, -0.1) is 0 Å². The molecule has 0 aromatic carbocycles. The van der Waals surface area contributed by atoms with Crippen molar-refractivity contribution in [1.29, 1.82) is 0 Å². The number of likely N-dealkylation sites (N-methyl/N-ethyl adjacent to an activating group) is 2. The van der Waals surface area contributed by atoms with Gasteiger partial charge in [-0.1, -0.05) is 0 Å². The van der Waals surface area contributed by atoms with E-state index in [-0.39, 0.29) is 13.2 Å². The molecule has 6 heteroatoms. The zero-order valence-electron chi connectivity index (χ0n) is 12.7. The molecule has 0 aliphatic carbocycles. The lowest BCUT2D eigenvalue weighted by Crippen LogP contribution is -2.46. The lowest BCUT2D eigenvalue weighted by atomic mass is 10.2. The van der Waals surface area contributed by atoms with Crippen molar-refractivity contribution in [2.24, 2.45) is 0 Å². The summed E-state index contributed by atoms with van der Waals surface area (Å²) in [5.41, 5.74) is 1.08. The SMILES string of the molecule is CCN(CCO)C(=O)C(=O)N(CC)CCc1ccncc1. The molecule has 0 saturated heterocycles. The van der Waals surface area contributed by atoms with Crippen molar-refractivity contribution in [3.05, 3.63) is 30.1 Å². The molecule has 1 aromatic heterocycles. The van der Waals surface area contributed by atoms with Gasteiger partial charge in [-0.25, -0.2) is 0 Å². The number of hydrogen-bond acceptors (Lipinski definition) is 4. The van der Waals surface area contributed by atoms with Crippen molar-refractivity contribution >= 4 is 11.8 Å². The molecule has 1 aromatic rings. The van der Waals surface area contributed by atoms with E-state index in [2.05, 4.69) is 4.98 Å².